The molecule has 0 aliphatic carbocycles. The lowest BCUT2D eigenvalue weighted by atomic mass is 10.1. The minimum Gasteiger partial charge on any atom is -0.381 e. The van der Waals surface area contributed by atoms with Gasteiger partial charge in [0.2, 0.25) is 0 Å². The van der Waals surface area contributed by atoms with Gasteiger partial charge in [-0.2, -0.15) is 0 Å². The van der Waals surface area contributed by atoms with Crippen molar-refractivity contribution >= 4 is 16.6 Å². The first-order valence-electron chi connectivity index (χ1n) is 9.10. The predicted octanol–water partition coefficient (Wildman–Crippen LogP) is 3.61. The van der Waals surface area contributed by atoms with Crippen LogP contribution in [0.5, 0.6) is 0 Å². The van der Waals surface area contributed by atoms with Crippen molar-refractivity contribution in [2.75, 3.05) is 24.8 Å². The Morgan fingerprint density at radius 3 is 2.64 bits per heavy atom. The maximum Gasteiger partial charge on any atom is 0.197 e. The van der Waals surface area contributed by atoms with Gasteiger partial charge in [0, 0.05) is 42.8 Å². The molecular formula is C20H21FN4O2S. The van der Waals surface area contributed by atoms with Crippen molar-refractivity contribution in [1.29, 1.82) is 0 Å². The Balaban J connectivity index is 1.70. The van der Waals surface area contributed by atoms with Crippen molar-refractivity contribution in [2.45, 2.75) is 24.0 Å². The van der Waals surface area contributed by atoms with Gasteiger partial charge < -0.3 is 15.0 Å². The van der Waals surface area contributed by atoms with Gasteiger partial charge >= 0.3 is 0 Å². The minimum absolute atomic E-state index is 0.309. The van der Waals surface area contributed by atoms with E-state index in [1.54, 1.807) is 24.6 Å². The van der Waals surface area contributed by atoms with E-state index in [2.05, 4.69) is 20.3 Å². The molecule has 3 aromatic rings. The summed E-state index contributed by atoms with van der Waals surface area (Å²) in [6.07, 6.45) is 5.17. The average molecular weight is 400 g/mol. The number of nitrogens with zero attached hydrogens (tertiary/aromatic N) is 2. The van der Waals surface area contributed by atoms with Crippen LogP contribution in [0.2, 0.25) is 0 Å². The Bertz CT molecular complexity index is 984. The first-order valence-corrected chi connectivity index (χ1v) is 10.7. The molecule has 28 heavy (non-hydrogen) atoms. The van der Waals surface area contributed by atoms with Gasteiger partial charge in [-0.1, -0.05) is 0 Å². The summed E-state index contributed by atoms with van der Waals surface area (Å²) < 4.78 is 30.7. The van der Waals surface area contributed by atoms with Crippen LogP contribution in [0.1, 0.15) is 12.8 Å². The summed E-state index contributed by atoms with van der Waals surface area (Å²) in [5.74, 6) is 0.451. The molecule has 0 bridgehead atoms. The summed E-state index contributed by atoms with van der Waals surface area (Å²) in [6, 6.07) is 10.3. The van der Waals surface area contributed by atoms with Gasteiger partial charge in [-0.25, -0.2) is 14.4 Å². The fraction of sp³-hybridized carbons (Fsp3) is 0.300. The van der Waals surface area contributed by atoms with Crippen molar-refractivity contribution in [3.63, 3.8) is 0 Å². The largest absolute Gasteiger partial charge is 0.381 e. The number of imidazole rings is 1. The van der Waals surface area contributed by atoms with Crippen molar-refractivity contribution in [1.82, 2.24) is 15.0 Å². The molecular weight excluding hydrogens is 379 g/mol. The van der Waals surface area contributed by atoms with Crippen LogP contribution in [0.4, 0.5) is 10.2 Å². The van der Waals surface area contributed by atoms with E-state index in [1.165, 1.54) is 12.1 Å². The molecule has 1 aliphatic heterocycles. The number of pyridine rings is 1. The highest BCUT2D eigenvalue weighted by molar-refractivity contribution is 7.84. The maximum atomic E-state index is 13.3. The molecule has 2 N–H and O–H groups in total. The predicted molar refractivity (Wildman–Crippen MR) is 107 cm³/mol. The van der Waals surface area contributed by atoms with E-state index in [-0.39, 0.29) is 5.82 Å². The van der Waals surface area contributed by atoms with E-state index >= 15 is 0 Å². The third-order valence-electron chi connectivity index (χ3n) is 4.69. The highest BCUT2D eigenvalue weighted by Crippen LogP contribution is 2.32. The minimum atomic E-state index is -1.27. The monoisotopic (exact) mass is 400 g/mol. The van der Waals surface area contributed by atoms with Gasteiger partial charge in [0.05, 0.1) is 22.2 Å². The lowest BCUT2D eigenvalue weighted by Gasteiger charge is -2.23. The Kier molecular flexibility index (Phi) is 5.50. The maximum absolute atomic E-state index is 13.3. The van der Waals surface area contributed by atoms with Crippen LogP contribution in [0, 0.1) is 5.82 Å². The van der Waals surface area contributed by atoms with Crippen molar-refractivity contribution in [3.8, 4) is 22.5 Å². The van der Waals surface area contributed by atoms with Crippen LogP contribution in [-0.2, 0) is 15.5 Å². The number of aromatic amines is 1. The second-order valence-electron chi connectivity index (χ2n) is 6.69. The molecule has 1 aliphatic rings. The van der Waals surface area contributed by atoms with Crippen LogP contribution < -0.4 is 5.32 Å². The summed E-state index contributed by atoms with van der Waals surface area (Å²) in [5, 5.41) is 3.83. The molecule has 1 fully saturated rings. The van der Waals surface area contributed by atoms with E-state index in [4.69, 9.17) is 4.74 Å². The molecule has 1 aromatic carbocycles. The molecule has 1 saturated heterocycles. The summed E-state index contributed by atoms with van der Waals surface area (Å²) in [4.78, 5) is 12.1. The van der Waals surface area contributed by atoms with E-state index in [0.29, 0.717) is 22.6 Å². The molecule has 1 atom stereocenters. The van der Waals surface area contributed by atoms with E-state index in [9.17, 15) is 8.60 Å². The Hall–Kier alpha value is -2.58. The Labute approximate surface area is 165 Å². The van der Waals surface area contributed by atoms with Gasteiger partial charge in [0.25, 0.3) is 0 Å². The van der Waals surface area contributed by atoms with E-state index in [0.717, 1.165) is 43.0 Å². The van der Waals surface area contributed by atoms with Gasteiger partial charge in [-0.15, -0.1) is 0 Å². The number of halogens is 1. The zero-order valence-electron chi connectivity index (χ0n) is 15.4. The Morgan fingerprint density at radius 2 is 1.93 bits per heavy atom. The topological polar surface area (TPSA) is 79.9 Å². The molecule has 0 saturated carbocycles. The zero-order valence-corrected chi connectivity index (χ0v) is 16.3. The third-order valence-corrected chi connectivity index (χ3v) is 5.43. The van der Waals surface area contributed by atoms with Gasteiger partial charge in [0.15, 0.2) is 5.16 Å². The molecule has 2 aromatic heterocycles. The van der Waals surface area contributed by atoms with Gasteiger partial charge in [-0.05, 0) is 49.2 Å². The van der Waals surface area contributed by atoms with Crippen LogP contribution in [0.25, 0.3) is 22.5 Å². The summed E-state index contributed by atoms with van der Waals surface area (Å²) >= 11 is 0. The van der Waals surface area contributed by atoms with Crippen LogP contribution >= 0.6 is 0 Å². The smallest absolute Gasteiger partial charge is 0.197 e. The van der Waals surface area contributed by atoms with E-state index in [1.807, 2.05) is 12.1 Å². The molecule has 0 spiro atoms. The number of H-pyrrole nitrogens is 1. The van der Waals surface area contributed by atoms with Crippen LogP contribution in [0.15, 0.2) is 47.8 Å². The molecule has 8 heteroatoms. The number of ether oxygens (including phenoxy) is 1. The molecule has 146 valence electrons. The zero-order chi connectivity index (χ0) is 19.5. The van der Waals surface area contributed by atoms with Gasteiger partial charge in [0.1, 0.15) is 11.6 Å². The number of hydrogen-bond donors (Lipinski definition) is 2. The lowest BCUT2D eigenvalue weighted by Crippen LogP contribution is -2.28. The second-order valence-corrected chi connectivity index (χ2v) is 7.98. The highest BCUT2D eigenvalue weighted by atomic mass is 32.2. The molecule has 4 rings (SSSR count). The van der Waals surface area contributed by atoms with Crippen molar-refractivity contribution in [2.24, 2.45) is 0 Å². The fourth-order valence-corrected chi connectivity index (χ4v) is 3.70. The summed E-state index contributed by atoms with van der Waals surface area (Å²) in [6.45, 7) is 1.49. The molecule has 0 amide bonds. The number of aromatic nitrogens is 3. The summed E-state index contributed by atoms with van der Waals surface area (Å²) in [7, 11) is -1.27. The first-order chi connectivity index (χ1) is 13.6. The fourth-order valence-electron chi connectivity index (χ4n) is 3.23. The quantitative estimate of drug-likeness (QED) is 0.684. The SMILES string of the molecule is C[S@](=O)c1nc(-c2ccnc(NC3CCOCC3)c2)c(-c2ccc(F)cc2)[nH]1. The first kappa shape index (κ1) is 18.8. The molecule has 6 nitrogen and oxygen atoms in total. The van der Waals surface area contributed by atoms with Crippen molar-refractivity contribution in [3.05, 3.63) is 48.4 Å². The number of nitrogens with one attached hydrogen (secondary N) is 2. The highest BCUT2D eigenvalue weighted by Gasteiger charge is 2.18. The van der Waals surface area contributed by atoms with Gasteiger partial charge in [-0.3, -0.25) is 4.21 Å². The second kappa shape index (κ2) is 8.20. The summed E-state index contributed by atoms with van der Waals surface area (Å²) in [5.41, 5.74) is 2.98. The van der Waals surface area contributed by atoms with Crippen LogP contribution in [-0.4, -0.2) is 44.7 Å². The lowest BCUT2D eigenvalue weighted by molar-refractivity contribution is 0.0904. The molecule has 0 radical (unpaired) electrons. The van der Waals surface area contributed by atoms with E-state index < -0.39 is 10.8 Å². The standard InChI is InChI=1S/C20H21FN4O2S/c1-28(26)20-24-18(13-2-4-15(21)5-3-13)19(25-20)14-6-9-22-17(12-14)23-16-7-10-27-11-8-16/h2-6,9,12,16H,7-8,10-11H2,1H3,(H,22,23)(H,24,25)/t28-/m0/s1. The van der Waals surface area contributed by atoms with Crippen LogP contribution in [0.3, 0.4) is 0 Å². The number of anilines is 1. The molecule has 3 heterocycles. The molecule has 0 unspecified atom stereocenters. The average Bonchev–Trinajstić information content (AvgIpc) is 3.15. The normalized spacial score (nSPS) is 16.1. The number of rotatable bonds is 5. The number of hydrogen-bond acceptors (Lipinski definition) is 5. The van der Waals surface area contributed by atoms with Crippen molar-refractivity contribution < 1.29 is 13.3 Å². The Morgan fingerprint density at radius 1 is 1.18 bits per heavy atom. The third kappa shape index (κ3) is 4.13. The number of benzene rings is 1.